The largest absolute Gasteiger partial charge is 0.476 e. The summed E-state index contributed by atoms with van der Waals surface area (Å²) < 4.78 is 67.0. The van der Waals surface area contributed by atoms with E-state index in [-0.39, 0.29) is 31.6 Å². The number of carbonyl (C=O) groups is 1. The molecule has 1 aromatic heterocycles. The van der Waals surface area contributed by atoms with Gasteiger partial charge >= 0.3 is 12.1 Å². The van der Waals surface area contributed by atoms with E-state index in [9.17, 15) is 31.5 Å². The van der Waals surface area contributed by atoms with Gasteiger partial charge < -0.3 is 5.11 Å². The van der Waals surface area contributed by atoms with Gasteiger partial charge in [0.25, 0.3) is 0 Å². The van der Waals surface area contributed by atoms with Crippen LogP contribution in [0.15, 0.2) is 11.1 Å². The summed E-state index contributed by atoms with van der Waals surface area (Å²) in [6.07, 6.45) is -2.39. The molecular formula is C15H22F3N3O4S. The fourth-order valence-corrected chi connectivity index (χ4v) is 5.03. The number of halogens is 3. The smallest absolute Gasteiger partial charge is 0.391 e. The van der Waals surface area contributed by atoms with Crippen molar-refractivity contribution in [3.05, 3.63) is 11.9 Å². The molecule has 2 N–H and O–H groups in total. The number of aromatic nitrogens is 2. The van der Waals surface area contributed by atoms with Gasteiger partial charge in [-0.2, -0.15) is 18.3 Å². The lowest BCUT2D eigenvalue weighted by atomic mass is 9.78. The Balaban J connectivity index is 2.14. The first-order valence-corrected chi connectivity index (χ1v) is 9.80. The Morgan fingerprint density at radius 3 is 2.42 bits per heavy atom. The molecule has 0 aliphatic heterocycles. The van der Waals surface area contributed by atoms with Gasteiger partial charge in [0.1, 0.15) is 4.90 Å². The van der Waals surface area contributed by atoms with Crippen LogP contribution in [0.1, 0.15) is 49.5 Å². The van der Waals surface area contributed by atoms with Crippen LogP contribution >= 0.6 is 0 Å². The van der Waals surface area contributed by atoms with Crippen LogP contribution < -0.4 is 4.72 Å². The van der Waals surface area contributed by atoms with Crippen LogP contribution in [0.2, 0.25) is 0 Å². The summed E-state index contributed by atoms with van der Waals surface area (Å²) in [7, 11) is -2.84. The molecule has 1 saturated carbocycles. The molecule has 1 fully saturated rings. The number of carboxylic acids is 1. The van der Waals surface area contributed by atoms with Crippen molar-refractivity contribution in [1.82, 2.24) is 14.5 Å². The van der Waals surface area contributed by atoms with Crippen molar-refractivity contribution in [3.63, 3.8) is 0 Å². The molecule has 0 aromatic carbocycles. The fraction of sp³-hybridized carbons (Fsp3) is 0.733. The molecule has 1 aliphatic carbocycles. The predicted molar refractivity (Wildman–Crippen MR) is 86.1 cm³/mol. The second kappa shape index (κ2) is 7.55. The average Bonchev–Trinajstić information content (AvgIpc) is 2.95. The zero-order valence-corrected chi connectivity index (χ0v) is 15.3. The van der Waals surface area contributed by atoms with Crippen LogP contribution in [-0.2, 0) is 17.1 Å². The Bertz CT molecular complexity index is 753. The van der Waals surface area contributed by atoms with E-state index in [1.54, 1.807) is 6.92 Å². The zero-order valence-electron chi connectivity index (χ0n) is 14.5. The molecule has 7 nitrogen and oxygen atoms in total. The molecule has 2 rings (SSSR count). The summed E-state index contributed by atoms with van der Waals surface area (Å²) >= 11 is 0. The molecule has 11 heteroatoms. The topological polar surface area (TPSA) is 101 Å². The summed E-state index contributed by atoms with van der Waals surface area (Å²) in [6.45, 7) is 1.74. The first-order valence-electron chi connectivity index (χ1n) is 8.31. The van der Waals surface area contributed by atoms with Gasteiger partial charge in [0, 0.05) is 13.1 Å². The van der Waals surface area contributed by atoms with E-state index in [2.05, 4.69) is 9.82 Å². The van der Waals surface area contributed by atoms with Crippen molar-refractivity contribution in [2.45, 2.75) is 56.1 Å². The molecule has 148 valence electrons. The number of sulfonamides is 1. The zero-order chi connectivity index (χ0) is 19.7. The number of hydrogen-bond donors (Lipinski definition) is 2. The van der Waals surface area contributed by atoms with E-state index in [0.717, 1.165) is 10.9 Å². The van der Waals surface area contributed by atoms with Crippen molar-refractivity contribution in [2.24, 2.45) is 18.9 Å². The number of nitrogens with zero attached hydrogens (tertiary/aromatic N) is 2. The first kappa shape index (κ1) is 20.7. The average molecular weight is 397 g/mol. The lowest BCUT2D eigenvalue weighted by Crippen LogP contribution is -2.42. The predicted octanol–water partition coefficient (Wildman–Crippen LogP) is 2.54. The maximum Gasteiger partial charge on any atom is 0.391 e. The second-order valence-corrected chi connectivity index (χ2v) is 8.26. The summed E-state index contributed by atoms with van der Waals surface area (Å²) in [4.78, 5) is 10.8. The molecule has 0 amide bonds. The van der Waals surface area contributed by atoms with Gasteiger partial charge in [-0.05, 0) is 38.0 Å². The molecule has 0 saturated heterocycles. The molecule has 1 aromatic rings. The Morgan fingerprint density at radius 1 is 1.38 bits per heavy atom. The van der Waals surface area contributed by atoms with Crippen molar-refractivity contribution in [1.29, 1.82) is 0 Å². The molecule has 26 heavy (non-hydrogen) atoms. The molecule has 0 radical (unpaired) electrons. The number of aromatic carboxylic acids is 1. The van der Waals surface area contributed by atoms with Gasteiger partial charge in [-0.25, -0.2) is 17.9 Å². The van der Waals surface area contributed by atoms with E-state index < -0.39 is 44.7 Å². The van der Waals surface area contributed by atoms with E-state index in [1.807, 2.05) is 0 Å². The van der Waals surface area contributed by atoms with Crippen LogP contribution in [0.5, 0.6) is 0 Å². The number of nitrogens with one attached hydrogen (secondary N) is 1. The molecule has 1 aliphatic rings. The number of aryl methyl sites for hydroxylation is 1. The Hall–Kier alpha value is -1.62. The first-order chi connectivity index (χ1) is 12.0. The third-order valence-electron chi connectivity index (χ3n) is 4.95. The summed E-state index contributed by atoms with van der Waals surface area (Å²) in [6, 6.07) is -0.559. The second-order valence-electron chi connectivity index (χ2n) is 6.58. The fourth-order valence-electron chi connectivity index (χ4n) is 3.48. The SMILES string of the molecule is CCC(NS(=O)(=O)c1cnn(C)c1C(=O)O)C1CCC(C(F)(F)F)CC1. The third kappa shape index (κ3) is 4.37. The van der Waals surface area contributed by atoms with Gasteiger partial charge in [0.2, 0.25) is 10.0 Å². The van der Waals surface area contributed by atoms with Crippen LogP contribution in [-0.4, -0.2) is 41.5 Å². The van der Waals surface area contributed by atoms with Gasteiger partial charge in [-0.3, -0.25) is 4.68 Å². The number of carboxylic acid groups (broad SMARTS) is 1. The quantitative estimate of drug-likeness (QED) is 0.768. The minimum Gasteiger partial charge on any atom is -0.476 e. The molecule has 1 heterocycles. The Labute approximate surface area is 149 Å². The van der Waals surface area contributed by atoms with E-state index in [4.69, 9.17) is 0 Å². The van der Waals surface area contributed by atoms with E-state index in [0.29, 0.717) is 6.42 Å². The normalized spacial score (nSPS) is 23.0. The summed E-state index contributed by atoms with van der Waals surface area (Å²) in [5.74, 6) is -2.99. The van der Waals surface area contributed by atoms with Crippen LogP contribution in [0.4, 0.5) is 13.2 Å². The standard InChI is InChI=1S/C15H22F3N3O4S/c1-3-11(9-4-6-10(7-5-9)15(16,17)18)20-26(24,25)12-8-19-21(2)13(12)14(22)23/h8-11,20H,3-7H2,1-2H3,(H,22,23). The maximum absolute atomic E-state index is 12.8. The minimum atomic E-state index is -4.22. The molecular weight excluding hydrogens is 375 g/mol. The maximum atomic E-state index is 12.8. The highest BCUT2D eigenvalue weighted by molar-refractivity contribution is 7.89. The van der Waals surface area contributed by atoms with Gasteiger partial charge in [-0.15, -0.1) is 0 Å². The van der Waals surface area contributed by atoms with Crippen molar-refractivity contribution in [2.75, 3.05) is 0 Å². The third-order valence-corrected chi connectivity index (χ3v) is 6.44. The van der Waals surface area contributed by atoms with Gasteiger partial charge in [0.05, 0.1) is 12.1 Å². The van der Waals surface area contributed by atoms with E-state index in [1.165, 1.54) is 7.05 Å². The van der Waals surface area contributed by atoms with Gasteiger partial charge in [0.15, 0.2) is 5.69 Å². The minimum absolute atomic E-state index is 0.0281. The monoisotopic (exact) mass is 397 g/mol. The number of rotatable bonds is 6. The molecule has 1 atom stereocenters. The van der Waals surface area contributed by atoms with Crippen molar-refractivity contribution in [3.8, 4) is 0 Å². The highest BCUT2D eigenvalue weighted by atomic mass is 32.2. The highest BCUT2D eigenvalue weighted by Crippen LogP contribution is 2.41. The Morgan fingerprint density at radius 2 is 1.96 bits per heavy atom. The van der Waals surface area contributed by atoms with Gasteiger partial charge in [-0.1, -0.05) is 6.92 Å². The van der Waals surface area contributed by atoms with Crippen molar-refractivity contribution < 1.29 is 31.5 Å². The van der Waals surface area contributed by atoms with E-state index >= 15 is 0 Å². The van der Waals surface area contributed by atoms with Crippen molar-refractivity contribution >= 4 is 16.0 Å². The molecule has 0 bridgehead atoms. The summed E-state index contributed by atoms with van der Waals surface area (Å²) in [5.41, 5.74) is -0.465. The lowest BCUT2D eigenvalue weighted by Gasteiger charge is -2.34. The summed E-state index contributed by atoms with van der Waals surface area (Å²) in [5, 5.41) is 12.9. The van der Waals surface area contributed by atoms with Crippen LogP contribution in [0.25, 0.3) is 0 Å². The number of alkyl halides is 3. The Kier molecular flexibility index (Phi) is 6.01. The highest BCUT2D eigenvalue weighted by Gasteiger charge is 2.43. The number of hydrogen-bond acceptors (Lipinski definition) is 4. The molecule has 1 unspecified atom stereocenters. The van der Waals surface area contributed by atoms with Crippen LogP contribution in [0.3, 0.4) is 0 Å². The van der Waals surface area contributed by atoms with Crippen LogP contribution in [0, 0.1) is 11.8 Å². The lowest BCUT2D eigenvalue weighted by molar-refractivity contribution is -0.184. The molecule has 0 spiro atoms.